The molecular formula is C18H19N3O2. The summed E-state index contributed by atoms with van der Waals surface area (Å²) in [5.74, 6) is 0.192. The van der Waals surface area contributed by atoms with Crippen LogP contribution in [0.15, 0.2) is 29.1 Å². The number of hydrogen-bond acceptors (Lipinski definition) is 4. The first-order valence-electron chi connectivity index (χ1n) is 7.51. The minimum absolute atomic E-state index is 0.192. The summed E-state index contributed by atoms with van der Waals surface area (Å²) in [6.07, 6.45) is 0.499. The number of nitrogen functional groups attached to an aromatic ring is 1. The summed E-state index contributed by atoms with van der Waals surface area (Å²) in [5.41, 5.74) is 8.91. The number of nitrogens with two attached hydrogens (primary N) is 1. The second-order valence-electron chi connectivity index (χ2n) is 6.53. The lowest BCUT2D eigenvalue weighted by molar-refractivity contribution is -0.0408. The lowest BCUT2D eigenvalue weighted by Crippen LogP contribution is -2.38. The van der Waals surface area contributed by atoms with Crippen LogP contribution in [0.5, 0.6) is 0 Å². The molecule has 0 fully saturated rings. The zero-order valence-electron chi connectivity index (χ0n) is 13.5. The van der Waals surface area contributed by atoms with Crippen molar-refractivity contribution in [3.63, 3.8) is 0 Å². The Kier molecular flexibility index (Phi) is 3.50. The molecule has 0 bridgehead atoms. The number of fused-ring (bicyclic) bond motifs is 1. The van der Waals surface area contributed by atoms with Crippen molar-refractivity contribution in [2.24, 2.45) is 0 Å². The van der Waals surface area contributed by atoms with Crippen LogP contribution in [0.1, 0.15) is 36.1 Å². The highest BCUT2D eigenvalue weighted by Crippen LogP contribution is 2.31. The SMILES string of the molecule is Cc1ccc(-n2c(N)c(C#N)c3c(c2=O)COC(C)(C)C3)cc1. The van der Waals surface area contributed by atoms with Crippen LogP contribution in [-0.2, 0) is 17.8 Å². The lowest BCUT2D eigenvalue weighted by Gasteiger charge is -2.32. The van der Waals surface area contributed by atoms with Crippen LogP contribution >= 0.6 is 0 Å². The van der Waals surface area contributed by atoms with Gasteiger partial charge >= 0.3 is 0 Å². The Morgan fingerprint density at radius 2 is 1.91 bits per heavy atom. The molecule has 1 aliphatic heterocycles. The standard InChI is InChI=1S/C18H19N3O2/c1-11-4-6-12(7-5-11)21-16(20)14(9-19)13-8-18(2,3)23-10-15(13)17(21)22/h4-7H,8,10,20H2,1-3H3. The van der Waals surface area contributed by atoms with Gasteiger partial charge in [0.05, 0.1) is 23.5 Å². The van der Waals surface area contributed by atoms with Crippen LogP contribution in [0.3, 0.4) is 0 Å². The normalized spacial score (nSPS) is 15.7. The number of aryl methyl sites for hydroxylation is 1. The van der Waals surface area contributed by atoms with Crippen molar-refractivity contribution >= 4 is 5.82 Å². The van der Waals surface area contributed by atoms with Gasteiger partial charge in [0.1, 0.15) is 11.9 Å². The van der Waals surface area contributed by atoms with Gasteiger partial charge in [-0.15, -0.1) is 0 Å². The van der Waals surface area contributed by atoms with E-state index >= 15 is 0 Å². The van der Waals surface area contributed by atoms with Crippen molar-refractivity contribution in [2.75, 3.05) is 5.73 Å². The van der Waals surface area contributed by atoms with E-state index in [0.29, 0.717) is 23.2 Å². The summed E-state index contributed by atoms with van der Waals surface area (Å²) in [4.78, 5) is 12.9. The van der Waals surface area contributed by atoms with E-state index in [1.807, 2.05) is 45.0 Å². The van der Waals surface area contributed by atoms with Gasteiger partial charge in [0, 0.05) is 12.0 Å². The number of benzene rings is 1. The zero-order valence-corrected chi connectivity index (χ0v) is 13.5. The topological polar surface area (TPSA) is 81.0 Å². The second kappa shape index (κ2) is 5.25. The van der Waals surface area contributed by atoms with Gasteiger partial charge < -0.3 is 10.5 Å². The molecule has 0 spiro atoms. The van der Waals surface area contributed by atoms with E-state index < -0.39 is 5.60 Å². The first-order valence-corrected chi connectivity index (χ1v) is 7.51. The quantitative estimate of drug-likeness (QED) is 0.877. The van der Waals surface area contributed by atoms with Crippen molar-refractivity contribution in [3.05, 3.63) is 56.9 Å². The average molecular weight is 309 g/mol. The van der Waals surface area contributed by atoms with Crippen LogP contribution < -0.4 is 11.3 Å². The first kappa shape index (κ1) is 15.3. The highest BCUT2D eigenvalue weighted by molar-refractivity contribution is 5.60. The van der Waals surface area contributed by atoms with Crippen LogP contribution in [0, 0.1) is 18.3 Å². The van der Waals surface area contributed by atoms with Gasteiger partial charge in [0.2, 0.25) is 0 Å². The summed E-state index contributed by atoms with van der Waals surface area (Å²) in [6.45, 7) is 6.05. The predicted molar refractivity (Wildman–Crippen MR) is 88.5 cm³/mol. The van der Waals surface area contributed by atoms with E-state index in [-0.39, 0.29) is 18.0 Å². The van der Waals surface area contributed by atoms with Gasteiger partial charge in [0.25, 0.3) is 5.56 Å². The summed E-state index contributed by atoms with van der Waals surface area (Å²) in [7, 11) is 0. The minimum Gasteiger partial charge on any atom is -0.384 e. The third kappa shape index (κ3) is 2.51. The Bertz CT molecular complexity index is 871. The summed E-state index contributed by atoms with van der Waals surface area (Å²) in [6, 6.07) is 9.64. The molecule has 0 aliphatic carbocycles. The van der Waals surface area contributed by atoms with E-state index in [4.69, 9.17) is 10.5 Å². The third-order valence-corrected chi connectivity index (χ3v) is 4.24. The summed E-state index contributed by atoms with van der Waals surface area (Å²) in [5, 5.41) is 9.56. The average Bonchev–Trinajstić information content (AvgIpc) is 2.48. The molecule has 118 valence electrons. The Hall–Kier alpha value is -2.58. The third-order valence-electron chi connectivity index (χ3n) is 4.24. The lowest BCUT2D eigenvalue weighted by atomic mass is 9.89. The van der Waals surface area contributed by atoms with Crippen LogP contribution in [0.25, 0.3) is 5.69 Å². The van der Waals surface area contributed by atoms with Crippen molar-refractivity contribution in [2.45, 2.75) is 39.4 Å². The predicted octanol–water partition coefficient (Wildman–Crippen LogP) is 2.45. The summed E-state index contributed by atoms with van der Waals surface area (Å²) >= 11 is 0. The van der Waals surface area contributed by atoms with Crippen molar-refractivity contribution in [3.8, 4) is 11.8 Å². The second-order valence-corrected chi connectivity index (χ2v) is 6.53. The first-order chi connectivity index (χ1) is 10.8. The molecule has 1 aliphatic rings. The molecule has 23 heavy (non-hydrogen) atoms. The smallest absolute Gasteiger partial charge is 0.262 e. The number of ether oxygens (including phenoxy) is 1. The number of rotatable bonds is 1. The highest BCUT2D eigenvalue weighted by atomic mass is 16.5. The van der Waals surface area contributed by atoms with Gasteiger partial charge in [-0.25, -0.2) is 0 Å². The number of anilines is 1. The Labute approximate surface area is 134 Å². The van der Waals surface area contributed by atoms with Crippen molar-refractivity contribution in [1.29, 1.82) is 5.26 Å². The molecule has 2 N–H and O–H groups in total. The molecule has 3 rings (SSSR count). The minimum atomic E-state index is -0.409. The van der Waals surface area contributed by atoms with E-state index in [2.05, 4.69) is 6.07 Å². The number of nitrogens with zero attached hydrogens (tertiary/aromatic N) is 2. The van der Waals surface area contributed by atoms with Crippen molar-refractivity contribution in [1.82, 2.24) is 4.57 Å². The molecule has 1 aromatic heterocycles. The molecule has 2 aromatic rings. The monoisotopic (exact) mass is 309 g/mol. The number of hydrogen-bond donors (Lipinski definition) is 1. The Morgan fingerprint density at radius 3 is 2.52 bits per heavy atom. The number of pyridine rings is 1. The van der Waals surface area contributed by atoms with E-state index in [1.54, 1.807) is 0 Å². The number of aromatic nitrogens is 1. The van der Waals surface area contributed by atoms with Gasteiger partial charge in [-0.3, -0.25) is 9.36 Å². The summed E-state index contributed by atoms with van der Waals surface area (Å²) < 4.78 is 7.16. The molecule has 0 amide bonds. The maximum Gasteiger partial charge on any atom is 0.262 e. The van der Waals surface area contributed by atoms with Crippen molar-refractivity contribution < 1.29 is 4.74 Å². The fourth-order valence-corrected chi connectivity index (χ4v) is 2.95. The fraction of sp³-hybridized carbons (Fsp3) is 0.333. The molecule has 5 nitrogen and oxygen atoms in total. The fourth-order valence-electron chi connectivity index (χ4n) is 2.95. The van der Waals surface area contributed by atoms with Gasteiger partial charge in [-0.1, -0.05) is 17.7 Å². The number of nitriles is 1. The molecule has 5 heteroatoms. The molecule has 2 heterocycles. The van der Waals surface area contributed by atoms with E-state index in [0.717, 1.165) is 11.1 Å². The van der Waals surface area contributed by atoms with Gasteiger partial charge in [-0.2, -0.15) is 5.26 Å². The molecule has 0 radical (unpaired) electrons. The molecule has 0 unspecified atom stereocenters. The molecule has 0 saturated heterocycles. The maximum absolute atomic E-state index is 12.9. The van der Waals surface area contributed by atoms with Crippen LogP contribution in [0.2, 0.25) is 0 Å². The van der Waals surface area contributed by atoms with Gasteiger partial charge in [0.15, 0.2) is 0 Å². The molecular weight excluding hydrogens is 290 g/mol. The van der Waals surface area contributed by atoms with E-state index in [9.17, 15) is 10.1 Å². The molecule has 0 atom stereocenters. The highest BCUT2D eigenvalue weighted by Gasteiger charge is 2.32. The van der Waals surface area contributed by atoms with Crippen LogP contribution in [-0.4, -0.2) is 10.2 Å². The Balaban J connectivity index is 2.31. The Morgan fingerprint density at radius 1 is 1.26 bits per heavy atom. The van der Waals surface area contributed by atoms with Crippen LogP contribution in [0.4, 0.5) is 5.82 Å². The maximum atomic E-state index is 12.9. The molecule has 0 saturated carbocycles. The van der Waals surface area contributed by atoms with E-state index in [1.165, 1.54) is 4.57 Å². The molecule has 1 aromatic carbocycles. The zero-order chi connectivity index (χ0) is 16.8. The largest absolute Gasteiger partial charge is 0.384 e. The van der Waals surface area contributed by atoms with Gasteiger partial charge in [-0.05, 0) is 38.5 Å².